The fourth-order valence-electron chi connectivity index (χ4n) is 4.44. The molecule has 0 spiro atoms. The molecule has 2 fully saturated rings. The average molecular weight is 403 g/mol. The van der Waals surface area contributed by atoms with Crippen LogP contribution in [0, 0.1) is 0 Å². The molecule has 1 aliphatic heterocycles. The number of likely N-dealkylation sites (N-methyl/N-ethyl adjacent to an activating group) is 1. The topological polar surface area (TPSA) is 56.8 Å². The zero-order valence-electron chi connectivity index (χ0n) is 18.2. The van der Waals surface area contributed by atoms with Gasteiger partial charge >= 0.3 is 6.03 Å². The molecule has 1 atom stereocenters. The van der Waals surface area contributed by atoms with Gasteiger partial charge in [-0.3, -0.25) is 4.90 Å². The highest BCUT2D eigenvalue weighted by Gasteiger charge is 2.27. The second-order valence-corrected chi connectivity index (χ2v) is 8.71. The molecule has 1 saturated heterocycles. The first-order valence-corrected chi connectivity index (χ1v) is 11.3. The van der Waals surface area contributed by atoms with E-state index >= 15 is 0 Å². The molecule has 1 unspecified atom stereocenters. The minimum Gasteiger partial charge on any atom is -0.492 e. The van der Waals surface area contributed by atoms with Gasteiger partial charge < -0.3 is 20.3 Å². The standard InChI is InChI=1S/C23H38N4O2/c1-26(2)15-16-29-22-13-7-6-9-19(22)17-24-23(28)25-20-10-8-14-27(18-20)21-11-4-3-5-12-21/h6-7,9,13,20-21H,3-5,8,10-12,14-18H2,1-2H3,(H2,24,25,28). The van der Waals surface area contributed by atoms with Crippen molar-refractivity contribution in [1.82, 2.24) is 20.4 Å². The van der Waals surface area contributed by atoms with E-state index in [1.54, 1.807) is 0 Å². The predicted octanol–water partition coefficient (Wildman–Crippen LogP) is 3.22. The van der Waals surface area contributed by atoms with Gasteiger partial charge in [-0.25, -0.2) is 4.79 Å². The molecule has 0 aromatic heterocycles. The highest BCUT2D eigenvalue weighted by Crippen LogP contribution is 2.25. The van der Waals surface area contributed by atoms with Crippen LogP contribution in [0.5, 0.6) is 5.75 Å². The fourth-order valence-corrected chi connectivity index (χ4v) is 4.44. The zero-order valence-corrected chi connectivity index (χ0v) is 18.2. The molecule has 1 heterocycles. The van der Waals surface area contributed by atoms with E-state index in [1.165, 1.54) is 45.1 Å². The Morgan fingerprint density at radius 1 is 1.14 bits per heavy atom. The van der Waals surface area contributed by atoms with E-state index in [2.05, 4.69) is 20.4 Å². The third kappa shape index (κ3) is 7.19. The molecule has 2 amide bonds. The van der Waals surface area contributed by atoms with E-state index in [-0.39, 0.29) is 12.1 Å². The summed E-state index contributed by atoms with van der Waals surface area (Å²) in [6.45, 7) is 4.14. The molecule has 0 bridgehead atoms. The van der Waals surface area contributed by atoms with Gasteiger partial charge in [-0.1, -0.05) is 37.5 Å². The molecule has 2 aliphatic rings. The number of amides is 2. The fraction of sp³-hybridized carbons (Fsp3) is 0.696. The predicted molar refractivity (Wildman–Crippen MR) is 117 cm³/mol. The number of carbonyl (C=O) groups is 1. The molecule has 0 radical (unpaired) electrons. The van der Waals surface area contributed by atoms with E-state index in [9.17, 15) is 4.79 Å². The van der Waals surface area contributed by atoms with Crippen LogP contribution >= 0.6 is 0 Å². The van der Waals surface area contributed by atoms with Crippen molar-refractivity contribution < 1.29 is 9.53 Å². The molecule has 6 nitrogen and oxygen atoms in total. The summed E-state index contributed by atoms with van der Waals surface area (Å²) in [5, 5.41) is 6.22. The van der Waals surface area contributed by atoms with E-state index in [0.717, 1.165) is 36.9 Å². The quantitative estimate of drug-likeness (QED) is 0.701. The van der Waals surface area contributed by atoms with Crippen LogP contribution in [-0.2, 0) is 6.54 Å². The largest absolute Gasteiger partial charge is 0.492 e. The monoisotopic (exact) mass is 402 g/mol. The first-order valence-electron chi connectivity index (χ1n) is 11.3. The van der Waals surface area contributed by atoms with E-state index in [0.29, 0.717) is 13.2 Å². The van der Waals surface area contributed by atoms with Gasteiger partial charge in [0.2, 0.25) is 0 Å². The number of ether oxygens (including phenoxy) is 1. The zero-order chi connectivity index (χ0) is 20.5. The Morgan fingerprint density at radius 3 is 2.72 bits per heavy atom. The summed E-state index contributed by atoms with van der Waals surface area (Å²) in [4.78, 5) is 17.2. The lowest BCUT2D eigenvalue weighted by Crippen LogP contribution is -2.53. The maximum absolute atomic E-state index is 12.5. The third-order valence-electron chi connectivity index (χ3n) is 6.09. The number of para-hydroxylation sites is 1. The number of rotatable bonds is 8. The summed E-state index contributed by atoms with van der Waals surface area (Å²) >= 11 is 0. The van der Waals surface area contributed by atoms with Crippen LogP contribution in [0.15, 0.2) is 24.3 Å². The van der Waals surface area contributed by atoms with Crippen LogP contribution in [0.3, 0.4) is 0 Å². The van der Waals surface area contributed by atoms with Gasteiger partial charge in [-0.15, -0.1) is 0 Å². The van der Waals surface area contributed by atoms with Crippen molar-refractivity contribution in [3.8, 4) is 5.75 Å². The maximum Gasteiger partial charge on any atom is 0.315 e. The summed E-state index contributed by atoms with van der Waals surface area (Å²) in [5.74, 6) is 0.843. The van der Waals surface area contributed by atoms with Crippen LogP contribution in [0.2, 0.25) is 0 Å². The summed E-state index contributed by atoms with van der Waals surface area (Å²) < 4.78 is 5.89. The van der Waals surface area contributed by atoms with Crippen LogP contribution in [0.25, 0.3) is 0 Å². The average Bonchev–Trinajstić information content (AvgIpc) is 2.74. The molecule has 3 rings (SSSR count). The number of carbonyl (C=O) groups excluding carboxylic acids is 1. The lowest BCUT2D eigenvalue weighted by Gasteiger charge is -2.40. The minimum atomic E-state index is -0.0800. The number of piperidine rings is 1. The van der Waals surface area contributed by atoms with Crippen LogP contribution in [0.4, 0.5) is 4.79 Å². The lowest BCUT2D eigenvalue weighted by molar-refractivity contribution is 0.112. The second kappa shape index (κ2) is 11.4. The summed E-state index contributed by atoms with van der Waals surface area (Å²) in [7, 11) is 4.06. The Kier molecular flexibility index (Phi) is 8.62. The van der Waals surface area contributed by atoms with Crippen LogP contribution < -0.4 is 15.4 Å². The molecular formula is C23H38N4O2. The van der Waals surface area contributed by atoms with Gasteiger partial charge in [0, 0.05) is 37.3 Å². The first-order chi connectivity index (χ1) is 14.1. The Labute approximate surface area is 176 Å². The van der Waals surface area contributed by atoms with Gasteiger partial charge in [0.25, 0.3) is 0 Å². The highest BCUT2D eigenvalue weighted by atomic mass is 16.5. The van der Waals surface area contributed by atoms with Gasteiger partial charge in [0.05, 0.1) is 0 Å². The van der Waals surface area contributed by atoms with Gasteiger partial charge in [-0.05, 0) is 52.4 Å². The Morgan fingerprint density at radius 2 is 1.93 bits per heavy atom. The molecular weight excluding hydrogens is 364 g/mol. The first kappa shape index (κ1) is 21.9. The van der Waals surface area contributed by atoms with Crippen LogP contribution in [0.1, 0.15) is 50.5 Å². The van der Waals surface area contributed by atoms with E-state index in [1.807, 2.05) is 38.4 Å². The number of nitrogens with one attached hydrogen (secondary N) is 2. The second-order valence-electron chi connectivity index (χ2n) is 8.71. The Hall–Kier alpha value is -1.79. The smallest absolute Gasteiger partial charge is 0.315 e. The number of hydrogen-bond donors (Lipinski definition) is 2. The third-order valence-corrected chi connectivity index (χ3v) is 6.09. The number of benzene rings is 1. The Bertz CT molecular complexity index is 631. The van der Waals surface area contributed by atoms with Crippen molar-refractivity contribution in [3.05, 3.63) is 29.8 Å². The molecule has 6 heteroatoms. The lowest BCUT2D eigenvalue weighted by atomic mass is 9.92. The number of urea groups is 1. The van der Waals surface area contributed by atoms with Crippen molar-refractivity contribution in [2.75, 3.05) is 40.3 Å². The molecule has 1 aromatic carbocycles. The van der Waals surface area contributed by atoms with Crippen molar-refractivity contribution in [3.63, 3.8) is 0 Å². The molecule has 29 heavy (non-hydrogen) atoms. The van der Waals surface area contributed by atoms with Crippen molar-refractivity contribution in [2.24, 2.45) is 0 Å². The molecule has 1 aliphatic carbocycles. The normalized spacial score (nSPS) is 21.1. The van der Waals surface area contributed by atoms with Gasteiger partial charge in [0.1, 0.15) is 12.4 Å². The van der Waals surface area contributed by atoms with Crippen molar-refractivity contribution in [1.29, 1.82) is 0 Å². The van der Waals surface area contributed by atoms with E-state index in [4.69, 9.17) is 4.74 Å². The minimum absolute atomic E-state index is 0.0800. The highest BCUT2D eigenvalue weighted by molar-refractivity contribution is 5.74. The summed E-state index contributed by atoms with van der Waals surface area (Å²) in [6, 6.07) is 8.82. The summed E-state index contributed by atoms with van der Waals surface area (Å²) in [5.41, 5.74) is 1.01. The molecule has 2 N–H and O–H groups in total. The van der Waals surface area contributed by atoms with Crippen LogP contribution in [-0.4, -0.2) is 68.3 Å². The SMILES string of the molecule is CN(C)CCOc1ccccc1CNC(=O)NC1CCCN(C2CCCCC2)C1. The van der Waals surface area contributed by atoms with Crippen molar-refractivity contribution in [2.45, 2.75) is 63.6 Å². The number of nitrogens with zero attached hydrogens (tertiary/aromatic N) is 2. The molecule has 1 aromatic rings. The summed E-state index contributed by atoms with van der Waals surface area (Å²) in [6.07, 6.45) is 8.98. The molecule has 162 valence electrons. The van der Waals surface area contributed by atoms with Gasteiger partial charge in [0.15, 0.2) is 0 Å². The maximum atomic E-state index is 12.5. The van der Waals surface area contributed by atoms with Gasteiger partial charge in [-0.2, -0.15) is 0 Å². The van der Waals surface area contributed by atoms with E-state index < -0.39 is 0 Å². The molecule has 1 saturated carbocycles. The Balaban J connectivity index is 1.44. The van der Waals surface area contributed by atoms with Crippen molar-refractivity contribution >= 4 is 6.03 Å². The number of likely N-dealkylation sites (tertiary alicyclic amines) is 1. The number of hydrogen-bond acceptors (Lipinski definition) is 4.